The third-order valence-electron chi connectivity index (χ3n) is 5.60. The molecule has 1 heterocycles. The van der Waals surface area contributed by atoms with Crippen molar-refractivity contribution in [2.45, 2.75) is 52.4 Å². The van der Waals surface area contributed by atoms with Crippen LogP contribution in [0.15, 0.2) is 59.0 Å². The normalized spacial score (nSPS) is 10.8. The van der Waals surface area contributed by atoms with Crippen LogP contribution in [-0.2, 0) is 11.2 Å². The predicted octanol–water partition coefficient (Wildman–Crippen LogP) is 6.25. The van der Waals surface area contributed by atoms with Gasteiger partial charge in [-0.3, -0.25) is 9.59 Å². The summed E-state index contributed by atoms with van der Waals surface area (Å²) in [6, 6.07) is 18.1. The van der Waals surface area contributed by atoms with Crippen LogP contribution >= 0.6 is 0 Å². The largest absolute Gasteiger partial charge is 0.481 e. The summed E-state index contributed by atoms with van der Waals surface area (Å²) < 4.78 is 6.13. The summed E-state index contributed by atoms with van der Waals surface area (Å²) in [5.74, 6) is 0.388. The number of aliphatic carboxylic acids is 1. The third kappa shape index (κ3) is 5.88. The van der Waals surface area contributed by atoms with Crippen molar-refractivity contribution in [2.24, 2.45) is 0 Å². The van der Waals surface area contributed by atoms with Gasteiger partial charge in [0.2, 0.25) is 0 Å². The van der Waals surface area contributed by atoms with Gasteiger partial charge in [-0.2, -0.15) is 0 Å². The Labute approximate surface area is 189 Å². The van der Waals surface area contributed by atoms with Crippen LogP contribution in [0.2, 0.25) is 0 Å². The van der Waals surface area contributed by atoms with Gasteiger partial charge in [0.25, 0.3) is 5.91 Å². The van der Waals surface area contributed by atoms with E-state index >= 15 is 0 Å². The second-order valence-electron chi connectivity index (χ2n) is 7.97. The van der Waals surface area contributed by atoms with Gasteiger partial charge in [0.05, 0.1) is 5.56 Å². The second-order valence-corrected chi connectivity index (χ2v) is 7.97. The van der Waals surface area contributed by atoms with E-state index < -0.39 is 5.97 Å². The Morgan fingerprint density at radius 3 is 2.25 bits per heavy atom. The summed E-state index contributed by atoms with van der Waals surface area (Å²) in [6.07, 6.45) is 4.37. The molecule has 3 rings (SSSR count). The first-order chi connectivity index (χ1) is 15.5. The van der Waals surface area contributed by atoms with E-state index in [1.54, 1.807) is 0 Å². The molecule has 2 aromatic carbocycles. The molecule has 32 heavy (non-hydrogen) atoms. The Bertz CT molecular complexity index is 1040. The average molecular weight is 434 g/mol. The zero-order valence-corrected chi connectivity index (χ0v) is 18.8. The molecule has 1 aromatic heterocycles. The zero-order chi connectivity index (χ0) is 22.9. The number of furan rings is 1. The molecule has 5 nitrogen and oxygen atoms in total. The lowest BCUT2D eigenvalue weighted by Crippen LogP contribution is -2.25. The van der Waals surface area contributed by atoms with Gasteiger partial charge >= 0.3 is 5.97 Å². The number of aryl methyl sites for hydroxylation is 2. The molecule has 0 bridgehead atoms. The molecular formula is C27H31NO4. The molecule has 0 atom stereocenters. The number of carboxylic acids is 1. The quantitative estimate of drug-likeness (QED) is 0.350. The number of amides is 1. The maximum atomic E-state index is 13.2. The van der Waals surface area contributed by atoms with Gasteiger partial charge in [0.1, 0.15) is 11.5 Å². The molecule has 0 unspecified atom stereocenters. The van der Waals surface area contributed by atoms with Crippen molar-refractivity contribution >= 4 is 11.9 Å². The highest BCUT2D eigenvalue weighted by Crippen LogP contribution is 2.39. The van der Waals surface area contributed by atoms with Crippen LogP contribution in [0.5, 0.6) is 0 Å². The first-order valence-electron chi connectivity index (χ1n) is 11.3. The van der Waals surface area contributed by atoms with Gasteiger partial charge in [-0.25, -0.2) is 0 Å². The van der Waals surface area contributed by atoms with Crippen LogP contribution < -0.4 is 5.32 Å². The smallest absolute Gasteiger partial charge is 0.303 e. The van der Waals surface area contributed by atoms with Crippen molar-refractivity contribution < 1.29 is 19.1 Å². The molecule has 0 spiro atoms. The Hall–Kier alpha value is -3.34. The third-order valence-corrected chi connectivity index (χ3v) is 5.60. The highest BCUT2D eigenvalue weighted by Gasteiger charge is 2.25. The molecule has 5 heteroatoms. The van der Waals surface area contributed by atoms with Crippen LogP contribution in [0.1, 0.15) is 60.7 Å². The Morgan fingerprint density at radius 1 is 0.906 bits per heavy atom. The number of nitrogens with one attached hydrogen (secondary N) is 1. The van der Waals surface area contributed by atoms with Gasteiger partial charge in [-0.05, 0) is 37.3 Å². The number of hydrogen-bond acceptors (Lipinski definition) is 3. The summed E-state index contributed by atoms with van der Waals surface area (Å²) in [4.78, 5) is 23.7. The number of hydrogen-bond donors (Lipinski definition) is 2. The minimum Gasteiger partial charge on any atom is -0.481 e. The van der Waals surface area contributed by atoms with E-state index in [0.717, 1.165) is 42.4 Å². The number of unbranched alkanes of at least 4 members (excludes halogenated alkanes) is 3. The van der Waals surface area contributed by atoms with Crippen molar-refractivity contribution in [2.75, 3.05) is 6.54 Å². The van der Waals surface area contributed by atoms with Gasteiger partial charge in [-0.15, -0.1) is 0 Å². The molecule has 0 aliphatic rings. The number of carboxylic acid groups (broad SMARTS) is 1. The van der Waals surface area contributed by atoms with Crippen LogP contribution in [0.25, 0.3) is 22.5 Å². The topological polar surface area (TPSA) is 79.5 Å². The van der Waals surface area contributed by atoms with E-state index in [1.807, 2.05) is 37.3 Å². The molecule has 0 aliphatic carbocycles. The lowest BCUT2D eigenvalue weighted by Gasteiger charge is -2.09. The van der Waals surface area contributed by atoms with Crippen molar-refractivity contribution in [3.63, 3.8) is 0 Å². The van der Waals surface area contributed by atoms with Crippen molar-refractivity contribution in [1.82, 2.24) is 5.32 Å². The van der Waals surface area contributed by atoms with Gasteiger partial charge in [0, 0.05) is 24.1 Å². The minimum atomic E-state index is -0.762. The molecule has 0 aliphatic heterocycles. The number of carbonyl (C=O) groups is 2. The van der Waals surface area contributed by atoms with Crippen LogP contribution in [-0.4, -0.2) is 23.5 Å². The lowest BCUT2D eigenvalue weighted by molar-refractivity contribution is -0.137. The average Bonchev–Trinajstić information content (AvgIpc) is 3.16. The van der Waals surface area contributed by atoms with E-state index in [1.165, 1.54) is 5.56 Å². The number of carbonyl (C=O) groups excluding carboxylic acids is 1. The molecular weight excluding hydrogens is 402 g/mol. The Kier molecular flexibility index (Phi) is 8.26. The Balaban J connectivity index is 1.81. The number of rotatable bonds is 11. The molecule has 0 saturated carbocycles. The van der Waals surface area contributed by atoms with E-state index in [0.29, 0.717) is 30.0 Å². The maximum absolute atomic E-state index is 13.2. The molecule has 3 aromatic rings. The summed E-state index contributed by atoms with van der Waals surface area (Å²) in [5.41, 5.74) is 4.51. The van der Waals surface area contributed by atoms with Crippen molar-refractivity contribution in [3.8, 4) is 22.5 Å². The summed E-state index contributed by atoms with van der Waals surface area (Å²) >= 11 is 0. The maximum Gasteiger partial charge on any atom is 0.303 e. The monoisotopic (exact) mass is 433 g/mol. The summed E-state index contributed by atoms with van der Waals surface area (Å²) in [7, 11) is 0. The van der Waals surface area contributed by atoms with Crippen molar-refractivity contribution in [1.29, 1.82) is 0 Å². The van der Waals surface area contributed by atoms with Gasteiger partial charge in [-0.1, -0.05) is 74.4 Å². The van der Waals surface area contributed by atoms with Gasteiger partial charge < -0.3 is 14.8 Å². The van der Waals surface area contributed by atoms with Crippen LogP contribution in [0, 0.1) is 6.92 Å². The first kappa shape index (κ1) is 23.3. The fraction of sp³-hybridized carbons (Fsp3) is 0.333. The van der Waals surface area contributed by atoms with Crippen LogP contribution in [0.4, 0.5) is 0 Å². The zero-order valence-electron chi connectivity index (χ0n) is 18.8. The van der Waals surface area contributed by atoms with E-state index in [2.05, 4.69) is 36.5 Å². The fourth-order valence-electron chi connectivity index (χ4n) is 3.84. The fourth-order valence-corrected chi connectivity index (χ4v) is 3.84. The summed E-state index contributed by atoms with van der Waals surface area (Å²) in [5, 5.41) is 11.7. The molecule has 168 valence electrons. The Morgan fingerprint density at radius 2 is 1.59 bits per heavy atom. The van der Waals surface area contributed by atoms with Crippen LogP contribution in [0.3, 0.4) is 0 Å². The molecule has 0 radical (unpaired) electrons. The highest BCUT2D eigenvalue weighted by atomic mass is 16.4. The predicted molar refractivity (Wildman–Crippen MR) is 127 cm³/mol. The second kappa shape index (κ2) is 11.3. The standard InChI is InChI=1S/C27H31NO4/c1-3-20-14-16-21(17-15-20)25-24(19(2)32-26(25)22-11-7-6-8-12-22)27(31)28-18-10-5-4-9-13-23(29)30/h6-8,11-12,14-17H,3-5,9-10,13,18H2,1-2H3,(H,28,31)(H,29,30). The van der Waals surface area contributed by atoms with Gasteiger partial charge in [0.15, 0.2) is 0 Å². The van der Waals surface area contributed by atoms with E-state index in [4.69, 9.17) is 9.52 Å². The SMILES string of the molecule is CCc1ccc(-c2c(-c3ccccc3)oc(C)c2C(=O)NCCCCCCC(=O)O)cc1. The van der Waals surface area contributed by atoms with E-state index in [-0.39, 0.29) is 12.3 Å². The van der Waals surface area contributed by atoms with Crippen molar-refractivity contribution in [3.05, 3.63) is 71.5 Å². The molecule has 2 N–H and O–H groups in total. The lowest BCUT2D eigenvalue weighted by atomic mass is 9.95. The minimum absolute atomic E-state index is 0.145. The molecule has 0 fully saturated rings. The summed E-state index contributed by atoms with van der Waals surface area (Å²) in [6.45, 7) is 4.50. The molecule has 0 saturated heterocycles. The number of benzene rings is 2. The highest BCUT2D eigenvalue weighted by molar-refractivity contribution is 6.05. The first-order valence-corrected chi connectivity index (χ1v) is 11.3. The van der Waals surface area contributed by atoms with E-state index in [9.17, 15) is 9.59 Å². The molecule has 1 amide bonds.